The number of methoxy groups -OCH3 is 2. The molecule has 0 N–H and O–H groups in total. The number of fused-ring (bicyclic) bond motifs is 1. The number of hydrogen-bond donors (Lipinski definition) is 0. The van der Waals surface area contributed by atoms with E-state index in [4.69, 9.17) is 9.47 Å². The quantitative estimate of drug-likeness (QED) is 0.222. The van der Waals surface area contributed by atoms with Gasteiger partial charge in [0.25, 0.3) is 5.56 Å². The Morgan fingerprint density at radius 1 is 0.905 bits per heavy atom. The third-order valence-corrected chi connectivity index (χ3v) is 7.95. The summed E-state index contributed by atoms with van der Waals surface area (Å²) in [5, 5.41) is 9.48. The van der Waals surface area contributed by atoms with E-state index < -0.39 is 23.8 Å². The molecule has 2 aromatic heterocycles. The van der Waals surface area contributed by atoms with Crippen LogP contribution >= 0.6 is 11.3 Å². The van der Waals surface area contributed by atoms with E-state index in [9.17, 15) is 28.0 Å². The minimum atomic E-state index is -4.48. The SMILES string of the molecule is COc1ccc(Cn2c(=O)c3cc(CC(F)(F)F)sc3n(Cc3ccc(-c4ccccc4C#N)cc3)c2=O)c(OC)c1. The van der Waals surface area contributed by atoms with Crippen molar-refractivity contribution < 1.29 is 22.6 Å². The lowest BCUT2D eigenvalue weighted by molar-refractivity contribution is -0.126. The van der Waals surface area contributed by atoms with E-state index in [-0.39, 0.29) is 28.2 Å². The molecule has 0 unspecified atom stereocenters. The highest BCUT2D eigenvalue weighted by molar-refractivity contribution is 7.18. The summed E-state index contributed by atoms with van der Waals surface area (Å²) in [7, 11) is 2.94. The van der Waals surface area contributed by atoms with Crippen LogP contribution in [0, 0.1) is 11.3 Å². The molecule has 0 aliphatic carbocycles. The molecule has 0 fully saturated rings. The van der Waals surface area contributed by atoms with Gasteiger partial charge in [-0.1, -0.05) is 42.5 Å². The first-order valence-corrected chi connectivity index (χ1v) is 13.6. The van der Waals surface area contributed by atoms with Gasteiger partial charge < -0.3 is 9.47 Å². The number of hydrogen-bond acceptors (Lipinski definition) is 6. The maximum Gasteiger partial charge on any atom is 0.393 e. The summed E-state index contributed by atoms with van der Waals surface area (Å²) >= 11 is 0.783. The maximum atomic E-state index is 13.8. The summed E-state index contributed by atoms with van der Waals surface area (Å²) in [6.07, 6.45) is -5.68. The predicted molar refractivity (Wildman–Crippen MR) is 154 cm³/mol. The third kappa shape index (κ3) is 5.80. The molecule has 0 bridgehead atoms. The van der Waals surface area contributed by atoms with Gasteiger partial charge in [-0.25, -0.2) is 4.79 Å². The third-order valence-electron chi connectivity index (χ3n) is 6.80. The number of benzene rings is 3. The fraction of sp³-hybridized carbons (Fsp3) is 0.194. The Kier molecular flexibility index (Phi) is 7.91. The van der Waals surface area contributed by atoms with Gasteiger partial charge in [0.2, 0.25) is 0 Å². The monoisotopic (exact) mass is 591 g/mol. The fourth-order valence-electron chi connectivity index (χ4n) is 4.77. The molecule has 0 saturated heterocycles. The molecule has 42 heavy (non-hydrogen) atoms. The van der Waals surface area contributed by atoms with Crippen LogP contribution in [0.2, 0.25) is 0 Å². The van der Waals surface area contributed by atoms with Crippen molar-refractivity contribution in [1.82, 2.24) is 9.13 Å². The smallest absolute Gasteiger partial charge is 0.393 e. The summed E-state index contributed by atoms with van der Waals surface area (Å²) in [4.78, 5) is 27.4. The van der Waals surface area contributed by atoms with Gasteiger partial charge in [0.1, 0.15) is 16.3 Å². The van der Waals surface area contributed by atoms with Crippen LogP contribution in [-0.4, -0.2) is 29.5 Å². The normalized spacial score (nSPS) is 11.4. The van der Waals surface area contributed by atoms with Crippen LogP contribution in [-0.2, 0) is 19.5 Å². The van der Waals surface area contributed by atoms with Crippen LogP contribution in [0.15, 0.2) is 82.4 Å². The average Bonchev–Trinajstić information content (AvgIpc) is 3.40. The van der Waals surface area contributed by atoms with Crippen molar-refractivity contribution in [2.75, 3.05) is 14.2 Å². The van der Waals surface area contributed by atoms with Crippen LogP contribution in [0.5, 0.6) is 11.5 Å². The number of halogens is 3. The zero-order valence-electron chi connectivity index (χ0n) is 22.6. The molecule has 0 amide bonds. The molecule has 7 nitrogen and oxygen atoms in total. The van der Waals surface area contributed by atoms with Crippen LogP contribution in [0.4, 0.5) is 13.2 Å². The first-order valence-electron chi connectivity index (χ1n) is 12.7. The highest BCUT2D eigenvalue weighted by Crippen LogP contribution is 2.30. The standard InChI is InChI=1S/C31H24F3N3O4S/c1-40-23-12-11-22(27(13-23)41-2)18-36-28(38)26-14-24(15-31(32,33)34)42-29(26)37(30(36)39)17-19-7-9-20(10-8-19)25-6-4-3-5-21(25)16-35/h3-14H,15,17-18H2,1-2H3. The van der Waals surface area contributed by atoms with Gasteiger partial charge in [0, 0.05) is 16.5 Å². The second-order valence-corrected chi connectivity index (χ2v) is 10.6. The van der Waals surface area contributed by atoms with Gasteiger partial charge in [0.05, 0.1) is 50.7 Å². The van der Waals surface area contributed by atoms with E-state index >= 15 is 0 Å². The van der Waals surface area contributed by atoms with E-state index in [0.29, 0.717) is 28.2 Å². The lowest BCUT2D eigenvalue weighted by Crippen LogP contribution is -2.40. The minimum absolute atomic E-state index is 0.0154. The Hall–Kier alpha value is -4.82. The predicted octanol–water partition coefficient (Wildman–Crippen LogP) is 5.98. The number of thiophene rings is 1. The molecule has 11 heteroatoms. The summed E-state index contributed by atoms with van der Waals surface area (Å²) in [5.41, 5.74) is 1.93. The molecular formula is C31H24F3N3O4S. The molecule has 3 aromatic carbocycles. The van der Waals surface area contributed by atoms with E-state index in [1.165, 1.54) is 24.9 Å². The summed E-state index contributed by atoms with van der Waals surface area (Å²) in [6.45, 7) is -0.142. The molecule has 0 atom stereocenters. The molecule has 0 aliphatic heterocycles. The van der Waals surface area contributed by atoms with Crippen LogP contribution in [0.3, 0.4) is 0 Å². The fourth-order valence-corrected chi connectivity index (χ4v) is 5.94. The van der Waals surface area contributed by atoms with Gasteiger partial charge in [-0.2, -0.15) is 18.4 Å². The van der Waals surface area contributed by atoms with Crippen LogP contribution in [0.25, 0.3) is 21.3 Å². The zero-order valence-corrected chi connectivity index (χ0v) is 23.4. The van der Waals surface area contributed by atoms with Gasteiger partial charge in [0.15, 0.2) is 0 Å². The van der Waals surface area contributed by atoms with Gasteiger partial charge in [-0.05, 0) is 41.0 Å². The first kappa shape index (κ1) is 28.7. The zero-order chi connectivity index (χ0) is 30.0. The van der Waals surface area contributed by atoms with Crippen LogP contribution < -0.4 is 20.7 Å². The minimum Gasteiger partial charge on any atom is -0.497 e. The van der Waals surface area contributed by atoms with Crippen molar-refractivity contribution in [2.45, 2.75) is 25.7 Å². The number of ether oxygens (including phenoxy) is 2. The van der Waals surface area contributed by atoms with Gasteiger partial charge >= 0.3 is 11.9 Å². The lowest BCUT2D eigenvalue weighted by Gasteiger charge is -2.15. The van der Waals surface area contributed by atoms with Crippen molar-refractivity contribution in [3.63, 3.8) is 0 Å². The van der Waals surface area contributed by atoms with Crippen molar-refractivity contribution >= 4 is 21.6 Å². The van der Waals surface area contributed by atoms with E-state index in [1.807, 2.05) is 24.3 Å². The summed E-state index contributed by atoms with van der Waals surface area (Å²) in [5.74, 6) is 0.912. The van der Waals surface area contributed by atoms with E-state index in [1.54, 1.807) is 42.5 Å². The first-order chi connectivity index (χ1) is 20.1. The van der Waals surface area contributed by atoms with Crippen molar-refractivity contribution in [2.24, 2.45) is 0 Å². The van der Waals surface area contributed by atoms with Crippen molar-refractivity contribution in [3.8, 4) is 28.7 Å². The second kappa shape index (κ2) is 11.6. The number of nitriles is 1. The number of aromatic nitrogens is 2. The Morgan fingerprint density at radius 2 is 1.64 bits per heavy atom. The van der Waals surface area contributed by atoms with Crippen LogP contribution in [0.1, 0.15) is 21.6 Å². The molecule has 2 heterocycles. The second-order valence-electron chi connectivity index (χ2n) is 9.52. The molecule has 214 valence electrons. The number of nitrogens with zero attached hydrogens (tertiary/aromatic N) is 3. The van der Waals surface area contributed by atoms with Gasteiger partial charge in [-0.3, -0.25) is 13.9 Å². The topological polar surface area (TPSA) is 86.2 Å². The molecule has 0 aliphatic rings. The highest BCUT2D eigenvalue weighted by atomic mass is 32.1. The Labute approximate surface area is 242 Å². The molecule has 0 radical (unpaired) electrons. The summed E-state index contributed by atoms with van der Waals surface area (Å²) in [6, 6.07) is 22.7. The molecule has 5 aromatic rings. The van der Waals surface area contributed by atoms with Crippen molar-refractivity contribution in [3.05, 3.63) is 115 Å². The van der Waals surface area contributed by atoms with E-state index in [0.717, 1.165) is 27.0 Å². The summed E-state index contributed by atoms with van der Waals surface area (Å²) < 4.78 is 52.7. The molecule has 0 saturated carbocycles. The van der Waals surface area contributed by atoms with E-state index in [2.05, 4.69) is 6.07 Å². The molecule has 5 rings (SSSR count). The van der Waals surface area contributed by atoms with Gasteiger partial charge in [-0.15, -0.1) is 11.3 Å². The molecule has 0 spiro atoms. The maximum absolute atomic E-state index is 13.8. The average molecular weight is 592 g/mol. The Bertz CT molecular complexity index is 1930. The largest absolute Gasteiger partial charge is 0.497 e. The highest BCUT2D eigenvalue weighted by Gasteiger charge is 2.29. The van der Waals surface area contributed by atoms with Crippen molar-refractivity contribution in [1.29, 1.82) is 5.26 Å². The Morgan fingerprint density at radius 3 is 2.31 bits per heavy atom. The number of rotatable bonds is 8. The lowest BCUT2D eigenvalue weighted by atomic mass is 9.99. The Balaban J connectivity index is 1.61. The molecular weight excluding hydrogens is 567 g/mol. The number of alkyl halides is 3.